The number of carbonyl (C=O) groups excluding carboxylic acids is 1. The number of likely N-dealkylation sites (tertiary alicyclic amines) is 1. The summed E-state index contributed by atoms with van der Waals surface area (Å²) in [7, 11) is 0. The molecule has 0 bridgehead atoms. The molecule has 0 aliphatic carbocycles. The molecule has 24 heavy (non-hydrogen) atoms. The Morgan fingerprint density at radius 2 is 1.83 bits per heavy atom. The van der Waals surface area contributed by atoms with E-state index >= 15 is 0 Å². The zero-order chi connectivity index (χ0) is 17.5. The summed E-state index contributed by atoms with van der Waals surface area (Å²) in [6, 6.07) is 4.37. The first-order valence-electron chi connectivity index (χ1n) is 8.64. The number of amides is 1. The molecular formula is C18H27N5O. The lowest BCUT2D eigenvalue weighted by molar-refractivity contribution is -0.140. The normalized spacial score (nSPS) is 16.6. The number of hydrogen-bond donors (Lipinski definition) is 1. The van der Waals surface area contributed by atoms with Gasteiger partial charge in [-0.3, -0.25) is 4.79 Å². The van der Waals surface area contributed by atoms with Crippen LogP contribution in [0.4, 0.5) is 5.82 Å². The smallest absolute Gasteiger partial charge is 0.227 e. The molecule has 6 nitrogen and oxygen atoms in total. The third-order valence-electron chi connectivity index (χ3n) is 4.45. The van der Waals surface area contributed by atoms with Gasteiger partial charge in [-0.1, -0.05) is 20.8 Å². The first-order chi connectivity index (χ1) is 11.2. The molecule has 1 amide bonds. The van der Waals surface area contributed by atoms with Gasteiger partial charge < -0.3 is 10.2 Å². The van der Waals surface area contributed by atoms with Crippen molar-refractivity contribution in [3.63, 3.8) is 0 Å². The van der Waals surface area contributed by atoms with Gasteiger partial charge in [-0.25, -0.2) is 4.98 Å². The van der Waals surface area contributed by atoms with Crippen LogP contribution in [0.15, 0.2) is 12.1 Å². The van der Waals surface area contributed by atoms with Gasteiger partial charge in [0, 0.05) is 42.4 Å². The zero-order valence-electron chi connectivity index (χ0n) is 15.3. The van der Waals surface area contributed by atoms with E-state index in [1.54, 1.807) is 0 Å². The molecular weight excluding hydrogens is 302 g/mol. The molecule has 1 aliphatic heterocycles. The van der Waals surface area contributed by atoms with Crippen LogP contribution < -0.4 is 5.32 Å². The van der Waals surface area contributed by atoms with Crippen LogP contribution in [0.2, 0.25) is 0 Å². The largest absolute Gasteiger partial charge is 0.367 e. The lowest BCUT2D eigenvalue weighted by Gasteiger charge is -2.36. The lowest BCUT2D eigenvalue weighted by atomic mass is 9.93. The van der Waals surface area contributed by atoms with Crippen molar-refractivity contribution >= 4 is 17.4 Å². The van der Waals surface area contributed by atoms with Crippen molar-refractivity contribution in [2.24, 2.45) is 5.41 Å². The van der Waals surface area contributed by atoms with Gasteiger partial charge in [-0.2, -0.15) is 9.61 Å². The Balaban J connectivity index is 1.70. The molecule has 1 aliphatic rings. The van der Waals surface area contributed by atoms with Crippen molar-refractivity contribution in [3.8, 4) is 0 Å². The monoisotopic (exact) mass is 329 g/mol. The van der Waals surface area contributed by atoms with Crippen LogP contribution in [-0.4, -0.2) is 44.5 Å². The summed E-state index contributed by atoms with van der Waals surface area (Å²) in [5.41, 5.74) is 2.50. The van der Waals surface area contributed by atoms with E-state index in [9.17, 15) is 4.79 Å². The minimum absolute atomic E-state index is 0.241. The number of piperidine rings is 1. The molecule has 2 aromatic heterocycles. The van der Waals surface area contributed by atoms with Crippen molar-refractivity contribution in [3.05, 3.63) is 23.5 Å². The number of rotatable bonds is 2. The number of carbonyl (C=O) groups is 1. The van der Waals surface area contributed by atoms with Gasteiger partial charge >= 0.3 is 0 Å². The van der Waals surface area contributed by atoms with E-state index in [1.807, 2.05) is 56.2 Å². The fraction of sp³-hybridized carbons (Fsp3) is 0.611. The second-order valence-electron chi connectivity index (χ2n) is 7.80. The summed E-state index contributed by atoms with van der Waals surface area (Å²) in [6.45, 7) is 11.5. The Morgan fingerprint density at radius 3 is 2.46 bits per heavy atom. The van der Waals surface area contributed by atoms with Gasteiger partial charge in [0.25, 0.3) is 0 Å². The van der Waals surface area contributed by atoms with Crippen LogP contribution in [-0.2, 0) is 4.79 Å². The van der Waals surface area contributed by atoms with E-state index in [-0.39, 0.29) is 11.3 Å². The van der Waals surface area contributed by atoms with Gasteiger partial charge in [0.1, 0.15) is 5.82 Å². The summed E-state index contributed by atoms with van der Waals surface area (Å²) in [6.07, 6.45) is 1.90. The molecule has 0 spiro atoms. The first kappa shape index (κ1) is 16.7. The minimum Gasteiger partial charge on any atom is -0.367 e. The van der Waals surface area contributed by atoms with Gasteiger partial charge in [0.2, 0.25) is 5.91 Å². The summed E-state index contributed by atoms with van der Waals surface area (Å²) in [4.78, 5) is 18.9. The third-order valence-corrected chi connectivity index (χ3v) is 4.45. The second kappa shape index (κ2) is 6.07. The average molecular weight is 329 g/mol. The van der Waals surface area contributed by atoms with Crippen molar-refractivity contribution in [1.29, 1.82) is 0 Å². The molecule has 0 radical (unpaired) electrons. The molecule has 130 valence electrons. The third kappa shape index (κ3) is 3.37. The van der Waals surface area contributed by atoms with Gasteiger partial charge in [-0.05, 0) is 26.7 Å². The minimum atomic E-state index is -0.304. The molecule has 3 rings (SSSR count). The number of nitrogens with zero attached hydrogens (tertiary/aromatic N) is 4. The number of aryl methyl sites for hydroxylation is 2. The molecule has 0 unspecified atom stereocenters. The topological polar surface area (TPSA) is 62.5 Å². The van der Waals surface area contributed by atoms with Crippen LogP contribution in [0, 0.1) is 19.3 Å². The van der Waals surface area contributed by atoms with Crippen molar-refractivity contribution in [1.82, 2.24) is 19.5 Å². The Morgan fingerprint density at radius 1 is 1.17 bits per heavy atom. The standard InChI is InChI=1S/C18H27N5O/c1-12-10-16(23-15(19-12)11-13(2)21-23)20-14-6-8-22(9-7-14)17(24)18(3,4)5/h10-11,14,20H,6-9H2,1-5H3. The number of fused-ring (bicyclic) bond motifs is 1. The second-order valence-corrected chi connectivity index (χ2v) is 7.80. The predicted octanol–water partition coefficient (Wildman–Crippen LogP) is 2.80. The fourth-order valence-electron chi connectivity index (χ4n) is 3.23. The maximum atomic E-state index is 12.4. The Bertz CT molecular complexity index is 751. The van der Waals surface area contributed by atoms with E-state index in [1.165, 1.54) is 0 Å². The number of hydrogen-bond acceptors (Lipinski definition) is 4. The lowest BCUT2D eigenvalue weighted by Crippen LogP contribution is -2.46. The van der Waals surface area contributed by atoms with E-state index in [0.717, 1.165) is 48.8 Å². The molecule has 6 heteroatoms. The SMILES string of the molecule is Cc1cc(NC2CCN(C(=O)C(C)(C)C)CC2)n2nc(C)cc2n1. The fourth-order valence-corrected chi connectivity index (χ4v) is 3.23. The van der Waals surface area contributed by atoms with Crippen molar-refractivity contribution in [2.45, 2.75) is 53.5 Å². The highest BCUT2D eigenvalue weighted by atomic mass is 16.2. The van der Waals surface area contributed by atoms with Crippen molar-refractivity contribution in [2.75, 3.05) is 18.4 Å². The Hall–Kier alpha value is -2.11. The maximum Gasteiger partial charge on any atom is 0.227 e. The van der Waals surface area contributed by atoms with Crippen LogP contribution >= 0.6 is 0 Å². The molecule has 3 heterocycles. The summed E-state index contributed by atoms with van der Waals surface area (Å²) >= 11 is 0. The first-order valence-corrected chi connectivity index (χ1v) is 8.64. The summed E-state index contributed by atoms with van der Waals surface area (Å²) in [5.74, 6) is 1.22. The van der Waals surface area contributed by atoms with Crippen molar-refractivity contribution < 1.29 is 4.79 Å². The van der Waals surface area contributed by atoms with Gasteiger partial charge in [0.15, 0.2) is 5.65 Å². The van der Waals surface area contributed by atoms with E-state index < -0.39 is 0 Å². The Kier molecular flexibility index (Phi) is 4.24. The van der Waals surface area contributed by atoms with Crippen LogP contribution in [0.25, 0.3) is 5.65 Å². The Labute approximate surface area is 143 Å². The highest BCUT2D eigenvalue weighted by Crippen LogP contribution is 2.23. The highest BCUT2D eigenvalue weighted by molar-refractivity contribution is 5.81. The van der Waals surface area contributed by atoms with E-state index in [4.69, 9.17) is 0 Å². The molecule has 1 N–H and O–H groups in total. The molecule has 0 saturated carbocycles. The van der Waals surface area contributed by atoms with Crippen LogP contribution in [0.3, 0.4) is 0 Å². The van der Waals surface area contributed by atoms with Crippen LogP contribution in [0.5, 0.6) is 0 Å². The van der Waals surface area contributed by atoms with Gasteiger partial charge in [0.05, 0.1) is 5.69 Å². The zero-order valence-corrected chi connectivity index (χ0v) is 15.3. The molecule has 0 aromatic carbocycles. The number of anilines is 1. The summed E-state index contributed by atoms with van der Waals surface area (Å²) < 4.78 is 1.87. The molecule has 1 fully saturated rings. The predicted molar refractivity (Wildman–Crippen MR) is 95.1 cm³/mol. The number of aromatic nitrogens is 3. The maximum absolute atomic E-state index is 12.4. The quantitative estimate of drug-likeness (QED) is 0.920. The highest BCUT2D eigenvalue weighted by Gasteiger charge is 2.30. The molecule has 0 atom stereocenters. The molecule has 2 aromatic rings. The van der Waals surface area contributed by atoms with Gasteiger partial charge in [-0.15, -0.1) is 0 Å². The van der Waals surface area contributed by atoms with Crippen LogP contribution in [0.1, 0.15) is 45.0 Å². The summed E-state index contributed by atoms with van der Waals surface area (Å²) in [5, 5.41) is 8.12. The molecule has 1 saturated heterocycles. The average Bonchev–Trinajstić information content (AvgIpc) is 2.86. The number of nitrogens with one attached hydrogen (secondary N) is 1. The van der Waals surface area contributed by atoms with E-state index in [2.05, 4.69) is 15.4 Å². The van der Waals surface area contributed by atoms with E-state index in [0.29, 0.717) is 6.04 Å².